The normalized spacial score (nSPS) is 14.6. The van der Waals surface area contributed by atoms with Crippen molar-refractivity contribution < 1.29 is 19.1 Å². The number of halogens is 3. The molecule has 1 fully saturated rings. The summed E-state index contributed by atoms with van der Waals surface area (Å²) in [6.45, 7) is 2.78. The molecule has 3 aromatic carbocycles. The smallest absolute Gasteiger partial charge is 0.293 e. The van der Waals surface area contributed by atoms with E-state index in [1.54, 1.807) is 12.1 Å². The van der Waals surface area contributed by atoms with Crippen LogP contribution in [0.5, 0.6) is 11.5 Å². The number of carbonyl (C=O) groups is 2. The number of hydrogen-bond donors (Lipinski definition) is 0. The van der Waals surface area contributed by atoms with Gasteiger partial charge in [-0.1, -0.05) is 63.9 Å². The minimum Gasteiger partial charge on any atom is -0.490 e. The van der Waals surface area contributed by atoms with Crippen molar-refractivity contribution in [2.24, 2.45) is 0 Å². The average Bonchev–Trinajstić information content (AvgIpc) is 3.08. The molecule has 0 bridgehead atoms. The van der Waals surface area contributed by atoms with Crippen LogP contribution in [0.3, 0.4) is 0 Å². The fourth-order valence-corrected chi connectivity index (χ4v) is 5.44. The number of amides is 2. The van der Waals surface area contributed by atoms with Crippen LogP contribution in [0.25, 0.3) is 6.08 Å². The summed E-state index contributed by atoms with van der Waals surface area (Å²) in [5.74, 6) is 0.724. The van der Waals surface area contributed by atoms with E-state index >= 15 is 0 Å². The number of benzene rings is 3. The summed E-state index contributed by atoms with van der Waals surface area (Å²) in [6, 6.07) is 18.6. The fraction of sp³-hybridized carbons (Fsp3) is 0.154. The number of hydrogen-bond acceptors (Lipinski definition) is 5. The van der Waals surface area contributed by atoms with Crippen LogP contribution < -0.4 is 9.47 Å². The second-order valence-corrected chi connectivity index (χ2v) is 10.6. The van der Waals surface area contributed by atoms with Gasteiger partial charge in [0.25, 0.3) is 11.1 Å². The first-order valence-electron chi connectivity index (χ1n) is 10.7. The molecule has 0 aliphatic carbocycles. The maximum atomic E-state index is 13.0. The Kier molecular flexibility index (Phi) is 8.59. The molecule has 1 aliphatic rings. The summed E-state index contributed by atoms with van der Waals surface area (Å²) in [5.41, 5.74) is 2.42. The summed E-state index contributed by atoms with van der Waals surface area (Å²) < 4.78 is 13.3. The lowest BCUT2D eigenvalue weighted by molar-refractivity contribution is -0.123. The van der Waals surface area contributed by atoms with Gasteiger partial charge in [0.1, 0.15) is 6.61 Å². The van der Waals surface area contributed by atoms with E-state index in [0.29, 0.717) is 38.1 Å². The van der Waals surface area contributed by atoms with Gasteiger partial charge in [-0.05, 0) is 76.1 Å². The van der Waals surface area contributed by atoms with Gasteiger partial charge >= 0.3 is 0 Å². The number of carbonyl (C=O) groups excluding carboxylic acids is 2. The van der Waals surface area contributed by atoms with Gasteiger partial charge in [0.15, 0.2) is 11.5 Å². The first-order chi connectivity index (χ1) is 16.9. The highest BCUT2D eigenvalue weighted by Gasteiger charge is 2.35. The Morgan fingerprint density at radius 3 is 2.40 bits per heavy atom. The number of nitrogens with zero attached hydrogens (tertiary/aromatic N) is 1. The largest absolute Gasteiger partial charge is 0.490 e. The van der Waals surface area contributed by atoms with Gasteiger partial charge in [-0.15, -0.1) is 0 Å². The molecule has 2 amide bonds. The maximum absolute atomic E-state index is 13.0. The van der Waals surface area contributed by atoms with Crippen molar-refractivity contribution in [1.82, 2.24) is 4.90 Å². The Morgan fingerprint density at radius 1 is 0.971 bits per heavy atom. The van der Waals surface area contributed by atoms with Gasteiger partial charge in [0, 0.05) is 15.1 Å². The van der Waals surface area contributed by atoms with Crippen LogP contribution in [0.15, 0.2) is 74.5 Å². The molecule has 4 rings (SSSR count). The minimum absolute atomic E-state index is 0.201. The van der Waals surface area contributed by atoms with Crippen molar-refractivity contribution >= 4 is 72.4 Å². The molecule has 0 radical (unpaired) electrons. The van der Waals surface area contributed by atoms with Crippen LogP contribution in [-0.4, -0.2) is 22.7 Å². The van der Waals surface area contributed by atoms with Crippen molar-refractivity contribution in [3.05, 3.63) is 96.2 Å². The van der Waals surface area contributed by atoms with Crippen molar-refractivity contribution in [2.45, 2.75) is 20.1 Å². The van der Waals surface area contributed by atoms with E-state index in [2.05, 4.69) is 31.9 Å². The number of rotatable bonds is 8. The highest BCUT2D eigenvalue weighted by atomic mass is 79.9. The zero-order valence-electron chi connectivity index (χ0n) is 18.6. The average molecular weight is 638 g/mol. The highest BCUT2D eigenvalue weighted by molar-refractivity contribution is 9.10. The molecular formula is C26H20Br2ClNO4S. The van der Waals surface area contributed by atoms with Gasteiger partial charge in [-0.25, -0.2) is 0 Å². The summed E-state index contributed by atoms with van der Waals surface area (Å²) in [7, 11) is 0. The standard InChI is InChI=1S/C26H20Br2ClNO4S/c1-2-33-22-12-16(11-20(28)24(22)34-15-18-8-4-6-10-21(18)29)13-23-25(31)30(26(32)35-23)14-17-7-3-5-9-19(17)27/h3-13H,2,14-15H2,1H3/b23-13+. The first-order valence-corrected chi connectivity index (χ1v) is 13.5. The molecule has 180 valence electrons. The first kappa shape index (κ1) is 25.8. The molecule has 0 N–H and O–H groups in total. The predicted molar refractivity (Wildman–Crippen MR) is 147 cm³/mol. The SMILES string of the molecule is CCOc1cc(/C=C2/SC(=O)N(Cc3ccccc3Br)C2=O)cc(Br)c1OCc1ccccc1Cl. The van der Waals surface area contributed by atoms with E-state index in [1.165, 1.54) is 4.90 Å². The lowest BCUT2D eigenvalue weighted by Gasteiger charge is -2.15. The van der Waals surface area contributed by atoms with Crippen LogP contribution in [0.2, 0.25) is 5.02 Å². The summed E-state index contributed by atoms with van der Waals surface area (Å²) in [5, 5.41) is 0.317. The van der Waals surface area contributed by atoms with E-state index in [4.69, 9.17) is 21.1 Å². The maximum Gasteiger partial charge on any atom is 0.293 e. The molecule has 9 heteroatoms. The Balaban J connectivity index is 1.57. The second-order valence-electron chi connectivity index (χ2n) is 7.50. The van der Waals surface area contributed by atoms with Crippen molar-refractivity contribution in [1.29, 1.82) is 0 Å². The Bertz CT molecular complexity index is 1310. The minimum atomic E-state index is -0.330. The fourth-order valence-electron chi connectivity index (χ4n) is 3.42. The molecular weight excluding hydrogens is 618 g/mol. The van der Waals surface area contributed by atoms with Gasteiger partial charge in [0.05, 0.1) is 22.5 Å². The van der Waals surface area contributed by atoms with Crippen LogP contribution >= 0.6 is 55.2 Å². The summed E-state index contributed by atoms with van der Waals surface area (Å²) in [4.78, 5) is 27.2. The molecule has 1 aliphatic heterocycles. The van der Waals surface area contributed by atoms with Gasteiger partial charge in [0.2, 0.25) is 0 Å². The van der Waals surface area contributed by atoms with Gasteiger partial charge in [-0.3, -0.25) is 14.5 Å². The van der Waals surface area contributed by atoms with E-state index in [9.17, 15) is 9.59 Å². The van der Waals surface area contributed by atoms with Gasteiger partial charge < -0.3 is 9.47 Å². The lowest BCUT2D eigenvalue weighted by Crippen LogP contribution is -2.27. The molecule has 0 aromatic heterocycles. The zero-order valence-corrected chi connectivity index (χ0v) is 23.3. The van der Waals surface area contributed by atoms with E-state index < -0.39 is 0 Å². The predicted octanol–water partition coefficient (Wildman–Crippen LogP) is 8.08. The molecule has 35 heavy (non-hydrogen) atoms. The third-order valence-electron chi connectivity index (χ3n) is 5.12. The molecule has 1 saturated heterocycles. The molecule has 0 unspecified atom stereocenters. The highest BCUT2D eigenvalue weighted by Crippen LogP contribution is 2.40. The van der Waals surface area contributed by atoms with Crippen molar-refractivity contribution in [3.8, 4) is 11.5 Å². The van der Waals surface area contributed by atoms with E-state index in [0.717, 1.165) is 27.4 Å². The zero-order chi connectivity index (χ0) is 24.9. The summed E-state index contributed by atoms with van der Waals surface area (Å²) in [6.07, 6.45) is 1.69. The monoisotopic (exact) mass is 635 g/mol. The number of ether oxygens (including phenoxy) is 2. The number of thioether (sulfide) groups is 1. The molecule has 0 atom stereocenters. The Labute approximate surface area is 229 Å². The van der Waals surface area contributed by atoms with E-state index in [1.807, 2.05) is 61.5 Å². The molecule has 5 nitrogen and oxygen atoms in total. The third-order valence-corrected chi connectivity index (χ3v) is 7.76. The molecule has 0 saturated carbocycles. The van der Waals surface area contributed by atoms with Crippen LogP contribution in [0.4, 0.5) is 4.79 Å². The topological polar surface area (TPSA) is 55.8 Å². The van der Waals surface area contributed by atoms with E-state index in [-0.39, 0.29) is 24.3 Å². The quantitative estimate of drug-likeness (QED) is 0.234. The molecule has 0 spiro atoms. The van der Waals surface area contributed by atoms with Crippen molar-refractivity contribution in [3.63, 3.8) is 0 Å². The molecule has 3 aromatic rings. The van der Waals surface area contributed by atoms with Crippen LogP contribution in [0, 0.1) is 0 Å². The number of imide groups is 1. The Hall–Kier alpha value is -2.26. The van der Waals surface area contributed by atoms with Gasteiger partial charge in [-0.2, -0.15) is 0 Å². The molecule has 1 heterocycles. The van der Waals surface area contributed by atoms with Crippen LogP contribution in [0.1, 0.15) is 23.6 Å². The Morgan fingerprint density at radius 2 is 1.69 bits per heavy atom. The van der Waals surface area contributed by atoms with Crippen molar-refractivity contribution in [2.75, 3.05) is 6.61 Å². The summed E-state index contributed by atoms with van der Waals surface area (Å²) >= 11 is 14.2. The van der Waals surface area contributed by atoms with Crippen LogP contribution in [-0.2, 0) is 17.9 Å². The second kappa shape index (κ2) is 11.6. The third kappa shape index (κ3) is 6.12. The lowest BCUT2D eigenvalue weighted by atomic mass is 10.1.